The summed E-state index contributed by atoms with van der Waals surface area (Å²) in [6, 6.07) is 1.96. The van der Waals surface area contributed by atoms with Crippen LogP contribution in [0.4, 0.5) is 0 Å². The number of nitriles is 1. The lowest BCUT2D eigenvalue weighted by Gasteiger charge is -2.07. The zero-order valence-corrected chi connectivity index (χ0v) is 17.8. The normalized spacial score (nSPS) is 11.5. The first-order valence-corrected chi connectivity index (χ1v) is 10.3. The Morgan fingerprint density at radius 1 is 1.21 bits per heavy atom. The van der Waals surface area contributed by atoms with Gasteiger partial charge in [-0.25, -0.2) is 4.79 Å². The molecule has 0 spiro atoms. The van der Waals surface area contributed by atoms with Crippen molar-refractivity contribution in [2.45, 2.75) is 59.8 Å². The largest absolute Gasteiger partial charge is 0.462 e. The van der Waals surface area contributed by atoms with Crippen molar-refractivity contribution in [3.05, 3.63) is 51.1 Å². The maximum absolute atomic E-state index is 12.0. The lowest BCUT2D eigenvalue weighted by molar-refractivity contribution is -0.137. The maximum atomic E-state index is 12.0. The number of H-pyrrole nitrogens is 2. The molecule has 0 atom stereocenters. The fraction of sp³-hybridized carbons (Fsp3) is 0.478. The summed E-state index contributed by atoms with van der Waals surface area (Å²) in [6.07, 6.45) is 7.54. The SMILES string of the molecule is CCOC(=O)/C(C#N)=C/c1[nH]c(Cc2[nH]cc(C)c2CCCO)c(CC)c1CC. The van der Waals surface area contributed by atoms with Crippen LogP contribution >= 0.6 is 0 Å². The smallest absolute Gasteiger partial charge is 0.348 e. The zero-order chi connectivity index (χ0) is 21.4. The van der Waals surface area contributed by atoms with Gasteiger partial charge in [0, 0.05) is 36.3 Å². The van der Waals surface area contributed by atoms with E-state index in [1.54, 1.807) is 13.0 Å². The fourth-order valence-electron chi connectivity index (χ4n) is 3.80. The van der Waals surface area contributed by atoms with Gasteiger partial charge in [-0.15, -0.1) is 0 Å². The van der Waals surface area contributed by atoms with Gasteiger partial charge in [-0.2, -0.15) is 5.26 Å². The second-order valence-corrected chi connectivity index (χ2v) is 7.00. The summed E-state index contributed by atoms with van der Waals surface area (Å²) in [5.41, 5.74) is 7.80. The molecule has 0 bridgehead atoms. The number of aromatic amines is 2. The van der Waals surface area contributed by atoms with E-state index in [-0.39, 0.29) is 18.8 Å². The molecule has 0 aromatic carbocycles. The molecular weight excluding hydrogens is 366 g/mol. The zero-order valence-electron chi connectivity index (χ0n) is 17.8. The molecule has 0 aliphatic rings. The van der Waals surface area contributed by atoms with Crippen molar-refractivity contribution in [1.29, 1.82) is 5.26 Å². The first-order chi connectivity index (χ1) is 14.0. The number of esters is 1. The first-order valence-electron chi connectivity index (χ1n) is 10.3. The van der Waals surface area contributed by atoms with E-state index < -0.39 is 5.97 Å². The molecule has 0 saturated heterocycles. The van der Waals surface area contributed by atoms with Gasteiger partial charge in [-0.05, 0) is 67.9 Å². The highest BCUT2D eigenvalue weighted by molar-refractivity contribution is 5.97. The van der Waals surface area contributed by atoms with E-state index in [1.165, 1.54) is 16.7 Å². The number of nitrogens with one attached hydrogen (secondary N) is 2. The number of hydrogen-bond acceptors (Lipinski definition) is 4. The monoisotopic (exact) mass is 397 g/mol. The van der Waals surface area contributed by atoms with E-state index in [2.05, 4.69) is 30.7 Å². The third-order valence-corrected chi connectivity index (χ3v) is 5.19. The van der Waals surface area contributed by atoms with Crippen molar-refractivity contribution in [2.24, 2.45) is 0 Å². The average molecular weight is 398 g/mol. The molecule has 0 saturated carbocycles. The molecule has 0 fully saturated rings. The number of rotatable bonds is 10. The number of aromatic nitrogens is 2. The van der Waals surface area contributed by atoms with Crippen LogP contribution in [0.2, 0.25) is 0 Å². The van der Waals surface area contributed by atoms with E-state index in [9.17, 15) is 15.2 Å². The van der Waals surface area contributed by atoms with Crippen molar-refractivity contribution in [3.63, 3.8) is 0 Å². The molecule has 6 nitrogen and oxygen atoms in total. The summed E-state index contributed by atoms with van der Waals surface area (Å²) in [6.45, 7) is 8.39. The third-order valence-electron chi connectivity index (χ3n) is 5.19. The highest BCUT2D eigenvalue weighted by Gasteiger charge is 2.19. The Bertz CT molecular complexity index is 913. The number of aliphatic hydroxyl groups excluding tert-OH is 1. The predicted octanol–water partition coefficient (Wildman–Crippen LogP) is 3.76. The quantitative estimate of drug-likeness (QED) is 0.323. The van der Waals surface area contributed by atoms with Crippen LogP contribution in [0.15, 0.2) is 11.8 Å². The van der Waals surface area contributed by atoms with Crippen molar-refractivity contribution in [1.82, 2.24) is 9.97 Å². The highest BCUT2D eigenvalue weighted by atomic mass is 16.5. The Morgan fingerprint density at radius 2 is 1.93 bits per heavy atom. The number of carbonyl (C=O) groups is 1. The van der Waals surface area contributed by atoms with Gasteiger partial charge in [0.25, 0.3) is 0 Å². The van der Waals surface area contributed by atoms with Gasteiger partial charge in [0.15, 0.2) is 0 Å². The van der Waals surface area contributed by atoms with Gasteiger partial charge < -0.3 is 19.8 Å². The molecule has 2 aromatic rings. The summed E-state index contributed by atoms with van der Waals surface area (Å²) < 4.78 is 4.99. The van der Waals surface area contributed by atoms with Crippen LogP contribution in [0.5, 0.6) is 0 Å². The van der Waals surface area contributed by atoms with Crippen molar-refractivity contribution in [2.75, 3.05) is 13.2 Å². The Balaban J connectivity index is 2.45. The van der Waals surface area contributed by atoms with Gasteiger partial charge in [0.1, 0.15) is 11.6 Å². The molecule has 156 valence electrons. The Kier molecular flexibility index (Phi) is 8.29. The molecule has 6 heteroatoms. The standard InChI is InChI=1S/C23H31N3O3/c1-5-17-18(6-2)22(12-20-19(9-8-10-27)15(4)14-25-20)26-21(17)11-16(13-24)23(28)29-7-3/h11,14,25-27H,5-10,12H2,1-4H3/b16-11+. The summed E-state index contributed by atoms with van der Waals surface area (Å²) in [5.74, 6) is -0.600. The van der Waals surface area contributed by atoms with Crippen LogP contribution in [0.3, 0.4) is 0 Å². The number of aliphatic hydroxyl groups is 1. The van der Waals surface area contributed by atoms with Crippen molar-refractivity contribution in [3.8, 4) is 6.07 Å². The molecule has 0 amide bonds. The summed E-state index contributed by atoms with van der Waals surface area (Å²) in [5, 5.41) is 18.6. The summed E-state index contributed by atoms with van der Waals surface area (Å²) in [7, 11) is 0. The Morgan fingerprint density at radius 3 is 2.52 bits per heavy atom. The van der Waals surface area contributed by atoms with E-state index >= 15 is 0 Å². The first kappa shape index (κ1) is 22.5. The topological polar surface area (TPSA) is 102 Å². The minimum Gasteiger partial charge on any atom is -0.462 e. The van der Waals surface area contributed by atoms with E-state index in [1.807, 2.05) is 12.3 Å². The van der Waals surface area contributed by atoms with Gasteiger partial charge in [0.05, 0.1) is 6.61 Å². The third kappa shape index (κ3) is 5.18. The number of aryl methyl sites for hydroxylation is 1. The number of ether oxygens (including phenoxy) is 1. The minimum atomic E-state index is -0.600. The van der Waals surface area contributed by atoms with Gasteiger partial charge in [0.2, 0.25) is 0 Å². The van der Waals surface area contributed by atoms with Crippen LogP contribution in [-0.4, -0.2) is 34.3 Å². The average Bonchev–Trinajstić information content (AvgIpc) is 3.23. The number of hydrogen-bond donors (Lipinski definition) is 3. The van der Waals surface area contributed by atoms with E-state index in [4.69, 9.17) is 4.74 Å². The Hall–Kier alpha value is -2.78. The second kappa shape index (κ2) is 10.7. The Labute approximate surface area is 172 Å². The molecule has 0 radical (unpaired) electrons. The van der Waals surface area contributed by atoms with Crippen LogP contribution in [-0.2, 0) is 35.2 Å². The van der Waals surface area contributed by atoms with E-state index in [0.29, 0.717) is 6.42 Å². The number of carbonyl (C=O) groups excluding carboxylic acids is 1. The molecule has 2 heterocycles. The highest BCUT2D eigenvalue weighted by Crippen LogP contribution is 2.27. The lowest BCUT2D eigenvalue weighted by atomic mass is 9.98. The predicted molar refractivity (Wildman–Crippen MR) is 114 cm³/mol. The number of nitrogens with zero attached hydrogens (tertiary/aromatic N) is 1. The summed E-state index contributed by atoms with van der Waals surface area (Å²) in [4.78, 5) is 18.8. The van der Waals surface area contributed by atoms with E-state index in [0.717, 1.165) is 48.3 Å². The van der Waals surface area contributed by atoms with Gasteiger partial charge >= 0.3 is 5.97 Å². The van der Waals surface area contributed by atoms with Crippen LogP contribution < -0.4 is 0 Å². The lowest BCUT2D eigenvalue weighted by Crippen LogP contribution is -2.06. The molecule has 29 heavy (non-hydrogen) atoms. The van der Waals surface area contributed by atoms with Crippen LogP contribution in [0.1, 0.15) is 66.5 Å². The molecule has 2 rings (SSSR count). The van der Waals surface area contributed by atoms with Crippen molar-refractivity contribution < 1.29 is 14.6 Å². The molecule has 3 N–H and O–H groups in total. The van der Waals surface area contributed by atoms with Crippen LogP contribution in [0, 0.1) is 18.3 Å². The molecule has 0 aliphatic heterocycles. The molecule has 0 aliphatic carbocycles. The molecule has 0 unspecified atom stereocenters. The van der Waals surface area contributed by atoms with Gasteiger partial charge in [-0.1, -0.05) is 13.8 Å². The fourth-order valence-corrected chi connectivity index (χ4v) is 3.80. The summed E-state index contributed by atoms with van der Waals surface area (Å²) >= 11 is 0. The van der Waals surface area contributed by atoms with Crippen molar-refractivity contribution >= 4 is 12.0 Å². The molecule has 2 aromatic heterocycles. The minimum absolute atomic E-state index is 0.00337. The van der Waals surface area contributed by atoms with Gasteiger partial charge in [-0.3, -0.25) is 0 Å². The second-order valence-electron chi connectivity index (χ2n) is 7.00. The molecular formula is C23H31N3O3. The maximum Gasteiger partial charge on any atom is 0.348 e. The van der Waals surface area contributed by atoms with Crippen LogP contribution in [0.25, 0.3) is 6.08 Å².